The molecular formula is C21H31N3O3. The number of para-hydroxylation sites is 1. The highest BCUT2D eigenvalue weighted by atomic mass is 16.5. The standard InChI is InChI=1S/C21H31N3O3/c1-18(27-19-9-5-4-6-10-19)21(26)24-15-13-22(14-16-24)17-20(25)23-11-7-2-3-8-12-23/h4-6,9-10,18H,2-3,7-8,11-17H2,1H3. The van der Waals surface area contributed by atoms with Crippen LogP contribution in [0.1, 0.15) is 32.6 Å². The molecule has 2 aliphatic rings. The zero-order chi connectivity index (χ0) is 19.1. The van der Waals surface area contributed by atoms with Crippen molar-refractivity contribution in [3.05, 3.63) is 30.3 Å². The number of carbonyl (C=O) groups excluding carboxylic acids is 2. The number of carbonyl (C=O) groups is 2. The first-order valence-corrected chi connectivity index (χ1v) is 10.1. The molecule has 1 atom stereocenters. The van der Waals surface area contributed by atoms with Crippen LogP contribution in [0.4, 0.5) is 0 Å². The summed E-state index contributed by atoms with van der Waals surface area (Å²) in [5.74, 6) is 0.954. The van der Waals surface area contributed by atoms with Crippen LogP contribution in [0, 0.1) is 0 Å². The zero-order valence-corrected chi connectivity index (χ0v) is 16.3. The molecule has 0 saturated carbocycles. The normalized spacial score (nSPS) is 20.0. The van der Waals surface area contributed by atoms with E-state index in [2.05, 4.69) is 4.90 Å². The monoisotopic (exact) mass is 373 g/mol. The van der Waals surface area contributed by atoms with E-state index >= 15 is 0 Å². The van der Waals surface area contributed by atoms with E-state index in [1.807, 2.05) is 40.1 Å². The lowest BCUT2D eigenvalue weighted by atomic mass is 10.2. The zero-order valence-electron chi connectivity index (χ0n) is 16.3. The Kier molecular flexibility index (Phi) is 7.10. The average Bonchev–Trinajstić information content (AvgIpc) is 2.98. The first-order valence-electron chi connectivity index (χ1n) is 10.1. The summed E-state index contributed by atoms with van der Waals surface area (Å²) in [5.41, 5.74) is 0. The Morgan fingerprint density at radius 3 is 2.15 bits per heavy atom. The van der Waals surface area contributed by atoms with Crippen molar-refractivity contribution < 1.29 is 14.3 Å². The molecule has 0 radical (unpaired) electrons. The third-order valence-corrected chi connectivity index (χ3v) is 5.41. The van der Waals surface area contributed by atoms with E-state index in [9.17, 15) is 9.59 Å². The van der Waals surface area contributed by atoms with Crippen LogP contribution in [-0.2, 0) is 9.59 Å². The van der Waals surface area contributed by atoms with Gasteiger partial charge in [-0.15, -0.1) is 0 Å². The van der Waals surface area contributed by atoms with Crippen molar-refractivity contribution in [2.45, 2.75) is 38.7 Å². The summed E-state index contributed by atoms with van der Waals surface area (Å²) in [6.07, 6.45) is 4.19. The van der Waals surface area contributed by atoms with Crippen LogP contribution in [0.5, 0.6) is 5.75 Å². The maximum absolute atomic E-state index is 12.6. The molecule has 0 aromatic heterocycles. The second kappa shape index (κ2) is 9.74. The number of amides is 2. The molecule has 1 unspecified atom stereocenters. The summed E-state index contributed by atoms with van der Waals surface area (Å²) >= 11 is 0. The van der Waals surface area contributed by atoms with Gasteiger partial charge in [0, 0.05) is 39.3 Å². The molecular weight excluding hydrogens is 342 g/mol. The minimum atomic E-state index is -0.502. The van der Waals surface area contributed by atoms with E-state index in [0.717, 1.165) is 39.0 Å². The van der Waals surface area contributed by atoms with Gasteiger partial charge in [-0.1, -0.05) is 31.0 Å². The smallest absolute Gasteiger partial charge is 0.263 e. The number of ether oxygens (including phenoxy) is 1. The van der Waals surface area contributed by atoms with Crippen molar-refractivity contribution in [3.63, 3.8) is 0 Å². The van der Waals surface area contributed by atoms with Gasteiger partial charge < -0.3 is 14.5 Å². The van der Waals surface area contributed by atoms with E-state index in [0.29, 0.717) is 25.4 Å². The van der Waals surface area contributed by atoms with Gasteiger partial charge in [0.2, 0.25) is 5.91 Å². The lowest BCUT2D eigenvalue weighted by Gasteiger charge is -2.36. The second-order valence-electron chi connectivity index (χ2n) is 7.47. The number of likely N-dealkylation sites (tertiary alicyclic amines) is 1. The number of nitrogens with zero attached hydrogens (tertiary/aromatic N) is 3. The van der Waals surface area contributed by atoms with Gasteiger partial charge in [0.1, 0.15) is 5.75 Å². The van der Waals surface area contributed by atoms with E-state index in [1.54, 1.807) is 6.92 Å². The highest BCUT2D eigenvalue weighted by Gasteiger charge is 2.27. The van der Waals surface area contributed by atoms with Crippen molar-refractivity contribution in [2.75, 3.05) is 45.8 Å². The largest absolute Gasteiger partial charge is 0.481 e. The minimum Gasteiger partial charge on any atom is -0.481 e. The maximum atomic E-state index is 12.6. The molecule has 0 aliphatic carbocycles. The fourth-order valence-corrected chi connectivity index (χ4v) is 3.75. The maximum Gasteiger partial charge on any atom is 0.263 e. The molecule has 148 valence electrons. The van der Waals surface area contributed by atoms with Gasteiger partial charge in [-0.25, -0.2) is 0 Å². The number of hydrogen-bond acceptors (Lipinski definition) is 4. The van der Waals surface area contributed by atoms with Crippen LogP contribution in [0.15, 0.2) is 30.3 Å². The van der Waals surface area contributed by atoms with Crippen molar-refractivity contribution in [1.82, 2.24) is 14.7 Å². The molecule has 0 spiro atoms. The lowest BCUT2D eigenvalue weighted by Crippen LogP contribution is -2.53. The van der Waals surface area contributed by atoms with Crippen LogP contribution >= 0.6 is 0 Å². The number of rotatable bonds is 5. The van der Waals surface area contributed by atoms with Crippen molar-refractivity contribution in [2.24, 2.45) is 0 Å². The van der Waals surface area contributed by atoms with Crippen LogP contribution in [0.2, 0.25) is 0 Å². The molecule has 6 nitrogen and oxygen atoms in total. The first-order chi connectivity index (χ1) is 13.1. The summed E-state index contributed by atoms with van der Waals surface area (Å²) < 4.78 is 5.75. The molecule has 1 aromatic rings. The summed E-state index contributed by atoms with van der Waals surface area (Å²) in [6.45, 7) is 6.83. The van der Waals surface area contributed by atoms with Crippen LogP contribution in [0.3, 0.4) is 0 Å². The van der Waals surface area contributed by atoms with E-state index in [4.69, 9.17) is 4.74 Å². The summed E-state index contributed by atoms with van der Waals surface area (Å²) in [5, 5.41) is 0. The Labute approximate surface area is 162 Å². The molecule has 6 heteroatoms. The number of piperazine rings is 1. The third-order valence-electron chi connectivity index (χ3n) is 5.41. The number of hydrogen-bond donors (Lipinski definition) is 0. The molecule has 27 heavy (non-hydrogen) atoms. The van der Waals surface area contributed by atoms with Gasteiger partial charge in [0.05, 0.1) is 6.54 Å². The predicted octanol–water partition coefficient (Wildman–Crippen LogP) is 2.00. The molecule has 0 bridgehead atoms. The second-order valence-corrected chi connectivity index (χ2v) is 7.47. The quantitative estimate of drug-likeness (QED) is 0.792. The predicted molar refractivity (Wildman–Crippen MR) is 105 cm³/mol. The van der Waals surface area contributed by atoms with Gasteiger partial charge in [0.15, 0.2) is 6.10 Å². The van der Waals surface area contributed by atoms with Crippen LogP contribution in [0.25, 0.3) is 0 Å². The van der Waals surface area contributed by atoms with Crippen LogP contribution < -0.4 is 4.74 Å². The molecule has 1 aromatic carbocycles. The van der Waals surface area contributed by atoms with E-state index in [-0.39, 0.29) is 11.8 Å². The van der Waals surface area contributed by atoms with Crippen molar-refractivity contribution in [3.8, 4) is 5.75 Å². The van der Waals surface area contributed by atoms with Gasteiger partial charge >= 0.3 is 0 Å². The molecule has 2 fully saturated rings. The molecule has 3 rings (SSSR count). The SMILES string of the molecule is CC(Oc1ccccc1)C(=O)N1CCN(CC(=O)N2CCCCCC2)CC1. The highest BCUT2D eigenvalue weighted by Crippen LogP contribution is 2.14. The minimum absolute atomic E-state index is 0.0114. The summed E-state index contributed by atoms with van der Waals surface area (Å²) in [4.78, 5) is 31.2. The summed E-state index contributed by atoms with van der Waals surface area (Å²) in [7, 11) is 0. The Morgan fingerprint density at radius 2 is 1.52 bits per heavy atom. The van der Waals surface area contributed by atoms with Gasteiger partial charge in [-0.2, -0.15) is 0 Å². The van der Waals surface area contributed by atoms with Crippen molar-refractivity contribution in [1.29, 1.82) is 0 Å². The molecule has 2 saturated heterocycles. The van der Waals surface area contributed by atoms with Crippen LogP contribution in [-0.4, -0.2) is 78.4 Å². The van der Waals surface area contributed by atoms with Gasteiger partial charge in [-0.05, 0) is 31.9 Å². The van der Waals surface area contributed by atoms with Gasteiger partial charge in [-0.3, -0.25) is 14.5 Å². The van der Waals surface area contributed by atoms with E-state index < -0.39 is 6.10 Å². The fourth-order valence-electron chi connectivity index (χ4n) is 3.75. The Hall–Kier alpha value is -2.08. The highest BCUT2D eigenvalue weighted by molar-refractivity contribution is 5.81. The van der Waals surface area contributed by atoms with E-state index in [1.165, 1.54) is 12.8 Å². The van der Waals surface area contributed by atoms with Gasteiger partial charge in [0.25, 0.3) is 5.91 Å². The average molecular weight is 373 g/mol. The Balaban J connectivity index is 1.42. The number of benzene rings is 1. The van der Waals surface area contributed by atoms with Crippen molar-refractivity contribution >= 4 is 11.8 Å². The summed E-state index contributed by atoms with van der Waals surface area (Å²) in [6, 6.07) is 9.43. The Bertz CT molecular complexity index is 606. The molecule has 2 aliphatic heterocycles. The molecule has 2 heterocycles. The fraction of sp³-hybridized carbons (Fsp3) is 0.619. The first kappa shape index (κ1) is 19.7. The molecule has 0 N–H and O–H groups in total. The topological polar surface area (TPSA) is 53.1 Å². The lowest BCUT2D eigenvalue weighted by molar-refractivity contribution is -0.140. The molecule has 2 amide bonds. The third kappa shape index (κ3) is 5.70. The Morgan fingerprint density at radius 1 is 0.889 bits per heavy atom.